The zero-order chi connectivity index (χ0) is 20.2. The predicted molar refractivity (Wildman–Crippen MR) is 109 cm³/mol. The van der Waals surface area contributed by atoms with Gasteiger partial charge in [0.05, 0.1) is 17.6 Å². The molecule has 0 N–H and O–H groups in total. The average molecular weight is 405 g/mol. The van der Waals surface area contributed by atoms with Gasteiger partial charge in [-0.1, -0.05) is 30.0 Å². The highest BCUT2D eigenvalue weighted by Gasteiger charge is 2.26. The van der Waals surface area contributed by atoms with E-state index >= 15 is 0 Å². The Bertz CT molecular complexity index is 1060. The van der Waals surface area contributed by atoms with Gasteiger partial charge in [-0.05, 0) is 31.3 Å². The first-order valence-electron chi connectivity index (χ1n) is 9.22. The van der Waals surface area contributed by atoms with Crippen molar-refractivity contribution in [3.8, 4) is 23.1 Å². The smallest absolute Gasteiger partial charge is 0.321 e. The summed E-state index contributed by atoms with van der Waals surface area (Å²) in [7, 11) is 2.04. The standard InChI is InChI=1S/C22H19N3O3S/c1-25-10-9-18-17(13-25)21(19-8-5-11-27-19)16(12-23)22(24-18)29-14-20(26)28-15-6-3-2-4-7-15/h2-8,11H,9-10,13-14H2,1H3. The zero-order valence-corrected chi connectivity index (χ0v) is 16.7. The van der Waals surface area contributed by atoms with Gasteiger partial charge in [0, 0.05) is 36.3 Å². The number of nitriles is 1. The normalized spacial score (nSPS) is 13.5. The molecule has 1 aromatic carbocycles. The molecule has 0 aliphatic carbocycles. The number of furan rings is 1. The number of para-hydroxylation sites is 1. The number of fused-ring (bicyclic) bond motifs is 1. The lowest BCUT2D eigenvalue weighted by Gasteiger charge is -2.27. The SMILES string of the molecule is CN1CCc2nc(SCC(=O)Oc3ccccc3)c(C#N)c(-c3ccco3)c2C1. The Morgan fingerprint density at radius 3 is 2.86 bits per heavy atom. The number of carbonyl (C=O) groups excluding carboxylic acids is 1. The third kappa shape index (κ3) is 4.19. The lowest BCUT2D eigenvalue weighted by Crippen LogP contribution is -2.28. The summed E-state index contributed by atoms with van der Waals surface area (Å²) in [6.07, 6.45) is 2.38. The second-order valence-corrected chi connectivity index (χ2v) is 7.71. The van der Waals surface area contributed by atoms with Gasteiger partial charge in [-0.25, -0.2) is 4.98 Å². The number of rotatable bonds is 5. The summed E-state index contributed by atoms with van der Waals surface area (Å²) in [5.41, 5.74) is 3.17. The lowest BCUT2D eigenvalue weighted by molar-refractivity contribution is -0.131. The van der Waals surface area contributed by atoms with E-state index < -0.39 is 0 Å². The number of hydrogen-bond donors (Lipinski definition) is 0. The number of nitrogens with zero attached hydrogens (tertiary/aromatic N) is 3. The van der Waals surface area contributed by atoms with Crippen molar-refractivity contribution in [3.63, 3.8) is 0 Å². The lowest BCUT2D eigenvalue weighted by atomic mass is 9.95. The van der Waals surface area contributed by atoms with Crippen LogP contribution in [0.2, 0.25) is 0 Å². The number of ether oxygens (including phenoxy) is 1. The molecule has 0 saturated heterocycles. The number of esters is 1. The average Bonchev–Trinajstić information content (AvgIpc) is 3.26. The number of likely N-dealkylation sites (N-methyl/N-ethyl adjacent to an activating group) is 1. The van der Waals surface area contributed by atoms with Crippen molar-refractivity contribution < 1.29 is 13.9 Å². The Kier molecular flexibility index (Phi) is 5.65. The Morgan fingerprint density at radius 2 is 2.14 bits per heavy atom. The maximum Gasteiger partial charge on any atom is 0.321 e. The van der Waals surface area contributed by atoms with Crippen LogP contribution in [0, 0.1) is 11.3 Å². The molecule has 0 atom stereocenters. The summed E-state index contributed by atoms with van der Waals surface area (Å²) in [5.74, 6) is 0.816. The van der Waals surface area contributed by atoms with Gasteiger partial charge >= 0.3 is 5.97 Å². The van der Waals surface area contributed by atoms with Gasteiger partial charge in [0.25, 0.3) is 0 Å². The molecule has 2 aromatic heterocycles. The summed E-state index contributed by atoms with van der Waals surface area (Å²) in [6, 6.07) is 14.9. The van der Waals surface area contributed by atoms with Crippen LogP contribution in [0.25, 0.3) is 11.3 Å². The molecule has 1 aliphatic rings. The van der Waals surface area contributed by atoms with E-state index in [4.69, 9.17) is 14.1 Å². The van der Waals surface area contributed by atoms with Crippen LogP contribution in [-0.4, -0.2) is 35.2 Å². The van der Waals surface area contributed by atoms with E-state index in [1.807, 2.05) is 19.2 Å². The van der Waals surface area contributed by atoms with Crippen LogP contribution in [0.1, 0.15) is 16.8 Å². The molecule has 0 amide bonds. The third-order valence-electron chi connectivity index (χ3n) is 4.69. The molecule has 29 heavy (non-hydrogen) atoms. The van der Waals surface area contributed by atoms with E-state index in [2.05, 4.69) is 11.0 Å². The predicted octanol–water partition coefficient (Wildman–Crippen LogP) is 3.90. The molecule has 0 spiro atoms. The first kappa shape index (κ1) is 19.2. The summed E-state index contributed by atoms with van der Waals surface area (Å²) >= 11 is 1.22. The van der Waals surface area contributed by atoms with Crippen molar-refractivity contribution in [2.75, 3.05) is 19.3 Å². The molecule has 0 saturated carbocycles. The summed E-state index contributed by atoms with van der Waals surface area (Å²) < 4.78 is 11.0. The molecule has 0 fully saturated rings. The fourth-order valence-electron chi connectivity index (χ4n) is 3.35. The molecular formula is C22H19N3O3S. The zero-order valence-electron chi connectivity index (χ0n) is 15.9. The third-order valence-corrected chi connectivity index (χ3v) is 5.64. The number of pyridine rings is 1. The minimum Gasteiger partial charge on any atom is -0.464 e. The van der Waals surface area contributed by atoms with E-state index in [1.165, 1.54) is 11.8 Å². The van der Waals surface area contributed by atoms with E-state index in [9.17, 15) is 10.1 Å². The van der Waals surface area contributed by atoms with Gasteiger partial charge in [0.2, 0.25) is 0 Å². The van der Waals surface area contributed by atoms with E-state index in [0.717, 1.165) is 29.8 Å². The highest BCUT2D eigenvalue weighted by atomic mass is 32.2. The topological polar surface area (TPSA) is 79.4 Å². The fourth-order valence-corrected chi connectivity index (χ4v) is 4.13. The van der Waals surface area contributed by atoms with Crippen molar-refractivity contribution in [2.24, 2.45) is 0 Å². The summed E-state index contributed by atoms with van der Waals surface area (Å²) in [6.45, 7) is 1.59. The largest absolute Gasteiger partial charge is 0.464 e. The van der Waals surface area contributed by atoms with Crippen molar-refractivity contribution in [1.29, 1.82) is 5.26 Å². The monoisotopic (exact) mass is 405 g/mol. The van der Waals surface area contributed by atoms with Crippen molar-refractivity contribution in [3.05, 3.63) is 65.5 Å². The van der Waals surface area contributed by atoms with Crippen molar-refractivity contribution in [1.82, 2.24) is 9.88 Å². The van der Waals surface area contributed by atoms with Crippen LogP contribution < -0.4 is 4.74 Å². The second kappa shape index (κ2) is 8.52. The quantitative estimate of drug-likeness (QED) is 0.362. The molecular weight excluding hydrogens is 386 g/mol. The highest BCUT2D eigenvalue weighted by molar-refractivity contribution is 7.99. The molecule has 3 aromatic rings. The van der Waals surface area contributed by atoms with Gasteiger partial charge in [-0.2, -0.15) is 5.26 Å². The first-order valence-corrected chi connectivity index (χ1v) is 10.2. The van der Waals surface area contributed by atoms with E-state index in [1.54, 1.807) is 36.6 Å². The molecule has 146 valence electrons. The van der Waals surface area contributed by atoms with Crippen LogP contribution in [0.5, 0.6) is 5.75 Å². The number of aromatic nitrogens is 1. The molecule has 0 unspecified atom stereocenters. The summed E-state index contributed by atoms with van der Waals surface area (Å²) in [5, 5.41) is 10.4. The number of thioether (sulfide) groups is 1. The van der Waals surface area contributed by atoms with Gasteiger partial charge in [0.1, 0.15) is 22.6 Å². The van der Waals surface area contributed by atoms with Crippen molar-refractivity contribution in [2.45, 2.75) is 18.0 Å². The number of hydrogen-bond acceptors (Lipinski definition) is 7. The van der Waals surface area contributed by atoms with Gasteiger partial charge in [0.15, 0.2) is 0 Å². The van der Waals surface area contributed by atoms with Gasteiger partial charge < -0.3 is 14.1 Å². The van der Waals surface area contributed by atoms with Gasteiger partial charge in [-0.3, -0.25) is 4.79 Å². The second-order valence-electron chi connectivity index (χ2n) is 6.74. The molecule has 4 rings (SSSR count). The number of carbonyl (C=O) groups is 1. The van der Waals surface area contributed by atoms with Crippen LogP contribution >= 0.6 is 11.8 Å². The molecule has 0 radical (unpaired) electrons. The number of benzene rings is 1. The molecule has 6 nitrogen and oxygen atoms in total. The van der Waals surface area contributed by atoms with Crippen LogP contribution in [0.4, 0.5) is 0 Å². The van der Waals surface area contributed by atoms with E-state index in [-0.39, 0.29) is 11.7 Å². The molecule has 3 heterocycles. The fraction of sp³-hybridized carbons (Fsp3) is 0.227. The first-order chi connectivity index (χ1) is 14.2. The Morgan fingerprint density at radius 1 is 1.31 bits per heavy atom. The van der Waals surface area contributed by atoms with Crippen LogP contribution in [-0.2, 0) is 17.8 Å². The van der Waals surface area contributed by atoms with Crippen LogP contribution in [0.15, 0.2) is 58.2 Å². The maximum atomic E-state index is 12.3. The van der Waals surface area contributed by atoms with E-state index in [0.29, 0.717) is 28.6 Å². The highest BCUT2D eigenvalue weighted by Crippen LogP contribution is 2.37. The molecule has 0 bridgehead atoms. The Labute approximate surface area is 173 Å². The van der Waals surface area contributed by atoms with Crippen molar-refractivity contribution >= 4 is 17.7 Å². The van der Waals surface area contributed by atoms with Crippen LogP contribution in [0.3, 0.4) is 0 Å². The maximum absolute atomic E-state index is 12.3. The summed E-state index contributed by atoms with van der Waals surface area (Å²) in [4.78, 5) is 19.2. The minimum atomic E-state index is -0.385. The molecule has 1 aliphatic heterocycles. The minimum absolute atomic E-state index is 0.0624. The Balaban J connectivity index is 1.64. The molecule has 7 heteroatoms. The Hall–Kier alpha value is -3.08. The van der Waals surface area contributed by atoms with Gasteiger partial charge in [-0.15, -0.1) is 0 Å².